The minimum atomic E-state index is -0.203. The van der Waals surface area contributed by atoms with E-state index in [1.807, 2.05) is 0 Å². The third-order valence-corrected chi connectivity index (χ3v) is 5.50. The minimum Gasteiger partial charge on any atom is -0.392 e. The monoisotopic (exact) mass is 255 g/mol. The van der Waals surface area contributed by atoms with Crippen molar-refractivity contribution >= 4 is 0 Å². The quantitative estimate of drug-likeness (QED) is 0.762. The molecule has 1 unspecified atom stereocenters. The van der Waals surface area contributed by atoms with Gasteiger partial charge in [0.05, 0.1) is 6.10 Å². The van der Waals surface area contributed by atoms with E-state index in [4.69, 9.17) is 5.73 Å². The lowest BCUT2D eigenvalue weighted by molar-refractivity contribution is -0.0498. The fraction of sp³-hybridized carbons (Fsp3) is 1.00. The molecule has 0 aromatic carbocycles. The molecule has 0 aromatic heterocycles. The maximum absolute atomic E-state index is 10.7. The van der Waals surface area contributed by atoms with E-state index >= 15 is 0 Å². The van der Waals surface area contributed by atoms with Crippen LogP contribution in [0.2, 0.25) is 0 Å². The van der Waals surface area contributed by atoms with Crippen LogP contribution in [0.3, 0.4) is 0 Å². The molecule has 0 radical (unpaired) electrons. The number of hydrogen-bond donors (Lipinski definition) is 2. The highest BCUT2D eigenvalue weighted by molar-refractivity contribution is 4.94. The first-order chi connectivity index (χ1) is 8.50. The molecule has 0 saturated heterocycles. The molecule has 3 N–H and O–H groups in total. The normalized spacial score (nSPS) is 31.0. The maximum atomic E-state index is 10.7. The van der Waals surface area contributed by atoms with Crippen LogP contribution < -0.4 is 5.73 Å². The molecular weight excluding hydrogens is 222 g/mol. The zero-order valence-corrected chi connectivity index (χ0v) is 12.8. The summed E-state index contributed by atoms with van der Waals surface area (Å²) in [5, 5.41) is 10.7. The molecule has 2 heteroatoms. The summed E-state index contributed by atoms with van der Waals surface area (Å²) in [4.78, 5) is 0. The van der Waals surface area contributed by atoms with Crippen molar-refractivity contribution in [2.45, 2.75) is 72.3 Å². The first-order valence-corrected chi connectivity index (χ1v) is 7.88. The molecule has 0 aliphatic heterocycles. The molecular formula is C16H33NO. The highest BCUT2D eigenvalue weighted by atomic mass is 16.3. The van der Waals surface area contributed by atoms with E-state index in [1.165, 1.54) is 12.8 Å². The van der Waals surface area contributed by atoms with Gasteiger partial charge >= 0.3 is 0 Å². The highest BCUT2D eigenvalue weighted by Crippen LogP contribution is 2.45. The van der Waals surface area contributed by atoms with Crippen molar-refractivity contribution in [3.05, 3.63) is 0 Å². The SMILES string of the molecule is CCC(CC)C(O)C1(CN)CCC(C(C)C)CC1. The van der Waals surface area contributed by atoms with Crippen LogP contribution in [0.25, 0.3) is 0 Å². The Labute approximate surface area is 113 Å². The maximum Gasteiger partial charge on any atom is 0.0636 e. The average molecular weight is 255 g/mol. The fourth-order valence-corrected chi connectivity index (χ4v) is 3.74. The summed E-state index contributed by atoms with van der Waals surface area (Å²) < 4.78 is 0. The number of rotatable bonds is 6. The number of nitrogens with two attached hydrogens (primary N) is 1. The van der Waals surface area contributed by atoms with Crippen LogP contribution in [0.15, 0.2) is 0 Å². The molecule has 0 bridgehead atoms. The van der Waals surface area contributed by atoms with Gasteiger partial charge in [-0.05, 0) is 43.4 Å². The lowest BCUT2D eigenvalue weighted by atomic mass is 9.62. The number of aliphatic hydroxyl groups excluding tert-OH is 1. The van der Waals surface area contributed by atoms with Crippen LogP contribution in [-0.2, 0) is 0 Å². The van der Waals surface area contributed by atoms with Gasteiger partial charge in [0, 0.05) is 12.0 Å². The van der Waals surface area contributed by atoms with E-state index in [2.05, 4.69) is 27.7 Å². The van der Waals surface area contributed by atoms with E-state index in [9.17, 15) is 5.11 Å². The molecule has 0 spiro atoms. The Kier molecular flexibility index (Phi) is 6.13. The Morgan fingerprint density at radius 3 is 2.00 bits per heavy atom. The van der Waals surface area contributed by atoms with Gasteiger partial charge in [-0.2, -0.15) is 0 Å². The topological polar surface area (TPSA) is 46.2 Å². The second-order valence-electron chi connectivity index (χ2n) is 6.67. The summed E-state index contributed by atoms with van der Waals surface area (Å²) in [6.07, 6.45) is 6.64. The van der Waals surface area contributed by atoms with Crippen molar-refractivity contribution < 1.29 is 5.11 Å². The lowest BCUT2D eigenvalue weighted by Gasteiger charge is -2.46. The van der Waals surface area contributed by atoms with Crippen LogP contribution in [0, 0.1) is 23.2 Å². The Morgan fingerprint density at radius 1 is 1.17 bits per heavy atom. The van der Waals surface area contributed by atoms with Crippen LogP contribution in [0.1, 0.15) is 66.2 Å². The Bertz CT molecular complexity index is 227. The fourth-order valence-electron chi connectivity index (χ4n) is 3.74. The van der Waals surface area contributed by atoms with Crippen molar-refractivity contribution in [2.75, 3.05) is 6.54 Å². The van der Waals surface area contributed by atoms with E-state index in [0.29, 0.717) is 12.5 Å². The van der Waals surface area contributed by atoms with Crippen LogP contribution in [0.5, 0.6) is 0 Å². The van der Waals surface area contributed by atoms with Gasteiger partial charge in [0.1, 0.15) is 0 Å². The van der Waals surface area contributed by atoms with Crippen molar-refractivity contribution in [2.24, 2.45) is 28.9 Å². The molecule has 1 fully saturated rings. The Morgan fingerprint density at radius 2 is 1.67 bits per heavy atom. The van der Waals surface area contributed by atoms with Crippen LogP contribution in [-0.4, -0.2) is 17.8 Å². The van der Waals surface area contributed by atoms with Gasteiger partial charge in [0.15, 0.2) is 0 Å². The Hall–Kier alpha value is -0.0800. The average Bonchev–Trinajstić information content (AvgIpc) is 2.40. The molecule has 2 nitrogen and oxygen atoms in total. The zero-order chi connectivity index (χ0) is 13.8. The molecule has 1 saturated carbocycles. The summed E-state index contributed by atoms with van der Waals surface area (Å²) >= 11 is 0. The summed E-state index contributed by atoms with van der Waals surface area (Å²) in [5.41, 5.74) is 6.05. The highest BCUT2D eigenvalue weighted by Gasteiger charge is 2.42. The number of hydrogen-bond acceptors (Lipinski definition) is 2. The lowest BCUT2D eigenvalue weighted by Crippen LogP contribution is -2.48. The molecule has 18 heavy (non-hydrogen) atoms. The second kappa shape index (κ2) is 6.91. The van der Waals surface area contributed by atoms with Gasteiger partial charge in [-0.3, -0.25) is 0 Å². The van der Waals surface area contributed by atoms with Crippen molar-refractivity contribution in [3.8, 4) is 0 Å². The third kappa shape index (κ3) is 3.27. The van der Waals surface area contributed by atoms with Gasteiger partial charge in [-0.1, -0.05) is 40.5 Å². The van der Waals surface area contributed by atoms with Gasteiger partial charge in [0.2, 0.25) is 0 Å². The molecule has 108 valence electrons. The predicted molar refractivity (Wildman–Crippen MR) is 78.4 cm³/mol. The summed E-state index contributed by atoms with van der Waals surface area (Å²) in [6.45, 7) is 9.65. The van der Waals surface area contributed by atoms with E-state index in [-0.39, 0.29) is 11.5 Å². The smallest absolute Gasteiger partial charge is 0.0636 e. The van der Waals surface area contributed by atoms with Gasteiger partial charge in [0.25, 0.3) is 0 Å². The summed E-state index contributed by atoms with van der Waals surface area (Å²) in [6, 6.07) is 0. The molecule has 1 rings (SSSR count). The first-order valence-electron chi connectivity index (χ1n) is 7.88. The third-order valence-electron chi connectivity index (χ3n) is 5.50. The first kappa shape index (κ1) is 16.0. The van der Waals surface area contributed by atoms with Crippen molar-refractivity contribution in [3.63, 3.8) is 0 Å². The number of aliphatic hydroxyl groups is 1. The summed E-state index contributed by atoms with van der Waals surface area (Å²) in [5.74, 6) is 2.02. The molecule has 0 heterocycles. The minimum absolute atomic E-state index is 0.00206. The molecule has 0 aromatic rings. The van der Waals surface area contributed by atoms with Crippen LogP contribution in [0.4, 0.5) is 0 Å². The van der Waals surface area contributed by atoms with Crippen LogP contribution >= 0.6 is 0 Å². The summed E-state index contributed by atoms with van der Waals surface area (Å²) in [7, 11) is 0. The van der Waals surface area contributed by atoms with E-state index in [0.717, 1.165) is 37.5 Å². The van der Waals surface area contributed by atoms with Gasteiger partial charge in [-0.15, -0.1) is 0 Å². The Balaban J connectivity index is 2.70. The standard InChI is InChI=1S/C16H33NO/c1-5-13(6-2)15(18)16(11-17)9-7-14(8-10-16)12(3)4/h12-15,18H,5-11,17H2,1-4H3. The largest absolute Gasteiger partial charge is 0.392 e. The molecule has 0 amide bonds. The van der Waals surface area contributed by atoms with E-state index < -0.39 is 0 Å². The molecule has 1 aliphatic carbocycles. The van der Waals surface area contributed by atoms with Gasteiger partial charge in [-0.25, -0.2) is 0 Å². The van der Waals surface area contributed by atoms with Crippen molar-refractivity contribution in [1.82, 2.24) is 0 Å². The van der Waals surface area contributed by atoms with E-state index in [1.54, 1.807) is 0 Å². The predicted octanol–water partition coefficient (Wildman–Crippen LogP) is 3.57. The molecule has 1 aliphatic rings. The van der Waals surface area contributed by atoms with Crippen molar-refractivity contribution in [1.29, 1.82) is 0 Å². The molecule has 1 atom stereocenters. The second-order valence-corrected chi connectivity index (χ2v) is 6.67. The zero-order valence-electron chi connectivity index (χ0n) is 12.8. The van der Waals surface area contributed by atoms with Gasteiger partial charge < -0.3 is 10.8 Å².